The van der Waals surface area contributed by atoms with E-state index in [4.69, 9.17) is 9.47 Å². The minimum absolute atomic E-state index is 0.0124. The molecule has 0 aromatic heterocycles. The van der Waals surface area contributed by atoms with Crippen LogP contribution in [0.4, 0.5) is 9.18 Å². The Morgan fingerprint density at radius 2 is 1.87 bits per heavy atom. The normalized spacial score (nSPS) is 15.1. The van der Waals surface area contributed by atoms with Gasteiger partial charge in [0.25, 0.3) is 0 Å². The Morgan fingerprint density at radius 1 is 1.10 bits per heavy atom. The number of hydrogen-bond donors (Lipinski definition) is 2. The maximum Gasteiger partial charge on any atom is 0.411 e. The lowest BCUT2D eigenvalue weighted by Gasteiger charge is -2.25. The molecule has 2 N–H and O–H groups in total. The second-order valence-corrected chi connectivity index (χ2v) is 6.63. The fourth-order valence-corrected chi connectivity index (χ4v) is 2.77. The first-order valence-electron chi connectivity index (χ1n) is 9.61. The van der Waals surface area contributed by atoms with E-state index < -0.39 is 29.9 Å². The van der Waals surface area contributed by atoms with Crippen LogP contribution in [-0.4, -0.2) is 24.1 Å². The predicted molar refractivity (Wildman–Crippen MR) is 111 cm³/mol. The molecule has 2 aromatic rings. The smallest absolute Gasteiger partial charge is 0.411 e. The van der Waals surface area contributed by atoms with Gasteiger partial charge in [0.15, 0.2) is 0 Å². The third kappa shape index (κ3) is 6.02. The van der Waals surface area contributed by atoms with Gasteiger partial charge in [0.1, 0.15) is 12.4 Å². The number of hydrogen-bond acceptors (Lipinski definition) is 6. The van der Waals surface area contributed by atoms with Gasteiger partial charge in [-0.2, -0.15) is 0 Å². The maximum atomic E-state index is 13.6. The third-order valence-electron chi connectivity index (χ3n) is 4.37. The zero-order chi connectivity index (χ0) is 22.2. The van der Waals surface area contributed by atoms with E-state index in [-0.39, 0.29) is 18.7 Å². The molecule has 1 heterocycles. The van der Waals surface area contributed by atoms with Gasteiger partial charge < -0.3 is 14.8 Å². The van der Waals surface area contributed by atoms with Gasteiger partial charge in [-0.15, -0.1) is 0 Å². The monoisotopic (exact) mass is 424 g/mol. The standard InChI is InChI=1S/C23H21FN2O5/c1-2-20(27)22(28)31-21-19(26-23(29)30-14-15-7-4-3-5-8-15)12-17(13-25-21)16-9-6-10-18(24)11-16/h3-13,21,25H,2,14H2,1H3,(H,26,29). The molecule has 1 amide bonds. The van der Waals surface area contributed by atoms with Crippen molar-refractivity contribution >= 4 is 23.4 Å². The summed E-state index contributed by atoms with van der Waals surface area (Å²) in [7, 11) is 0. The first-order valence-corrected chi connectivity index (χ1v) is 9.61. The number of rotatable bonds is 7. The molecular weight excluding hydrogens is 403 g/mol. The molecule has 1 unspecified atom stereocenters. The Bertz CT molecular complexity index is 1030. The van der Waals surface area contributed by atoms with E-state index >= 15 is 0 Å². The van der Waals surface area contributed by atoms with Gasteiger partial charge in [0.05, 0.1) is 5.70 Å². The van der Waals surface area contributed by atoms with Crippen molar-refractivity contribution in [3.05, 3.63) is 89.5 Å². The van der Waals surface area contributed by atoms with Crippen molar-refractivity contribution < 1.29 is 28.2 Å². The minimum atomic E-state index is -1.12. The number of nitrogens with one attached hydrogen (secondary N) is 2. The number of allylic oxidation sites excluding steroid dienone is 2. The second-order valence-electron chi connectivity index (χ2n) is 6.63. The van der Waals surface area contributed by atoms with Crippen molar-refractivity contribution in [1.29, 1.82) is 0 Å². The zero-order valence-electron chi connectivity index (χ0n) is 16.8. The summed E-state index contributed by atoms with van der Waals surface area (Å²) in [5.74, 6) is -2.16. The van der Waals surface area contributed by atoms with Crippen LogP contribution in [0, 0.1) is 5.82 Å². The molecule has 0 aliphatic carbocycles. The lowest BCUT2D eigenvalue weighted by Crippen LogP contribution is -2.42. The molecule has 0 radical (unpaired) electrons. The Morgan fingerprint density at radius 3 is 2.58 bits per heavy atom. The topological polar surface area (TPSA) is 93.7 Å². The van der Waals surface area contributed by atoms with E-state index in [9.17, 15) is 18.8 Å². The molecule has 3 rings (SSSR count). The minimum Gasteiger partial charge on any atom is -0.444 e. The van der Waals surface area contributed by atoms with Crippen LogP contribution < -0.4 is 10.6 Å². The highest BCUT2D eigenvalue weighted by molar-refractivity contribution is 6.33. The fourth-order valence-electron chi connectivity index (χ4n) is 2.77. The highest BCUT2D eigenvalue weighted by Crippen LogP contribution is 2.22. The summed E-state index contributed by atoms with van der Waals surface area (Å²) >= 11 is 0. The number of ether oxygens (including phenoxy) is 2. The van der Waals surface area contributed by atoms with Crippen LogP contribution in [0.2, 0.25) is 0 Å². The van der Waals surface area contributed by atoms with Crippen LogP contribution in [-0.2, 0) is 25.7 Å². The number of carbonyl (C=O) groups excluding carboxylic acids is 3. The van der Waals surface area contributed by atoms with Crippen molar-refractivity contribution in [3.8, 4) is 0 Å². The summed E-state index contributed by atoms with van der Waals surface area (Å²) in [6, 6.07) is 15.0. The van der Waals surface area contributed by atoms with Gasteiger partial charge in [0, 0.05) is 12.6 Å². The van der Waals surface area contributed by atoms with Crippen molar-refractivity contribution in [2.24, 2.45) is 0 Å². The highest BCUT2D eigenvalue weighted by Gasteiger charge is 2.26. The Balaban J connectivity index is 1.76. The van der Waals surface area contributed by atoms with Crippen molar-refractivity contribution in [1.82, 2.24) is 10.6 Å². The number of alkyl carbamates (subject to hydrolysis) is 1. The summed E-state index contributed by atoms with van der Waals surface area (Å²) in [5.41, 5.74) is 2.01. The van der Waals surface area contributed by atoms with Crippen LogP contribution >= 0.6 is 0 Å². The lowest BCUT2D eigenvalue weighted by molar-refractivity contribution is -0.157. The summed E-state index contributed by atoms with van der Waals surface area (Å²) in [6.07, 6.45) is 1.11. The predicted octanol–water partition coefficient (Wildman–Crippen LogP) is 3.43. The van der Waals surface area contributed by atoms with E-state index in [1.54, 1.807) is 24.3 Å². The fraction of sp³-hybridized carbons (Fsp3) is 0.174. The maximum absolute atomic E-state index is 13.6. The summed E-state index contributed by atoms with van der Waals surface area (Å²) < 4.78 is 24.0. The van der Waals surface area contributed by atoms with Crippen LogP contribution in [0.5, 0.6) is 0 Å². The van der Waals surface area contributed by atoms with E-state index in [1.165, 1.54) is 31.3 Å². The number of esters is 1. The molecule has 31 heavy (non-hydrogen) atoms. The average molecular weight is 424 g/mol. The van der Waals surface area contributed by atoms with Crippen molar-refractivity contribution in [2.45, 2.75) is 26.2 Å². The SMILES string of the molecule is CCC(=O)C(=O)OC1NC=C(c2cccc(F)c2)C=C1NC(=O)OCc1ccccc1. The summed E-state index contributed by atoms with van der Waals surface area (Å²) in [5, 5.41) is 5.34. The molecule has 8 heteroatoms. The molecule has 1 aliphatic heterocycles. The molecule has 1 atom stereocenters. The Labute approximate surface area is 178 Å². The first-order chi connectivity index (χ1) is 15.0. The number of halogens is 1. The number of amides is 1. The van der Waals surface area contributed by atoms with Gasteiger partial charge >= 0.3 is 12.1 Å². The van der Waals surface area contributed by atoms with Gasteiger partial charge in [-0.05, 0) is 34.9 Å². The van der Waals surface area contributed by atoms with Crippen LogP contribution in [0.1, 0.15) is 24.5 Å². The van der Waals surface area contributed by atoms with E-state index in [2.05, 4.69) is 10.6 Å². The Kier molecular flexibility index (Phi) is 7.16. The largest absolute Gasteiger partial charge is 0.444 e. The average Bonchev–Trinajstić information content (AvgIpc) is 2.79. The second kappa shape index (κ2) is 10.2. The van der Waals surface area contributed by atoms with E-state index in [1.807, 2.05) is 18.2 Å². The number of dihydropyridines is 1. The molecule has 0 spiro atoms. The van der Waals surface area contributed by atoms with Crippen LogP contribution in [0.25, 0.3) is 5.57 Å². The first kappa shape index (κ1) is 21.8. The quantitative estimate of drug-likeness (QED) is 0.523. The molecular formula is C23H21FN2O5. The summed E-state index contributed by atoms with van der Waals surface area (Å²) in [4.78, 5) is 35.8. The van der Waals surface area contributed by atoms with Gasteiger partial charge in [0.2, 0.25) is 12.0 Å². The molecule has 7 nitrogen and oxygen atoms in total. The number of ketones is 1. The molecule has 0 fully saturated rings. The molecule has 160 valence electrons. The third-order valence-corrected chi connectivity index (χ3v) is 4.37. The van der Waals surface area contributed by atoms with Gasteiger partial charge in [-0.3, -0.25) is 10.1 Å². The number of Topliss-reactive ketones (excluding diaryl/α,β-unsaturated/α-hetero) is 1. The van der Waals surface area contributed by atoms with Crippen LogP contribution in [0.15, 0.2) is 72.6 Å². The van der Waals surface area contributed by atoms with E-state index in [0.29, 0.717) is 11.1 Å². The van der Waals surface area contributed by atoms with Crippen LogP contribution in [0.3, 0.4) is 0 Å². The zero-order valence-corrected chi connectivity index (χ0v) is 16.8. The summed E-state index contributed by atoms with van der Waals surface area (Å²) in [6.45, 7) is 1.58. The molecule has 1 aliphatic rings. The van der Waals surface area contributed by atoms with Gasteiger partial charge in [-0.1, -0.05) is 49.4 Å². The molecule has 0 saturated carbocycles. The number of benzene rings is 2. The Hall–Kier alpha value is -3.94. The number of carbonyl (C=O) groups is 3. The molecule has 0 bridgehead atoms. The van der Waals surface area contributed by atoms with Gasteiger partial charge in [-0.25, -0.2) is 14.0 Å². The molecule has 0 saturated heterocycles. The highest BCUT2D eigenvalue weighted by atomic mass is 19.1. The van der Waals surface area contributed by atoms with Crippen molar-refractivity contribution in [2.75, 3.05) is 0 Å². The van der Waals surface area contributed by atoms with E-state index in [0.717, 1.165) is 5.56 Å². The molecule has 2 aromatic carbocycles. The lowest BCUT2D eigenvalue weighted by atomic mass is 10.0. The van der Waals surface area contributed by atoms with Crippen molar-refractivity contribution in [3.63, 3.8) is 0 Å².